The number of carbonyl (C=O) groups is 3. The zero-order valence-electron chi connectivity index (χ0n) is 19.6. The summed E-state index contributed by atoms with van der Waals surface area (Å²) in [5, 5.41) is 10.1. The fourth-order valence-corrected chi connectivity index (χ4v) is 3.62. The van der Waals surface area contributed by atoms with Gasteiger partial charge in [-0.2, -0.15) is 5.10 Å². The Balaban J connectivity index is 1.68. The molecule has 2 aromatic heterocycles. The summed E-state index contributed by atoms with van der Waals surface area (Å²) in [5.41, 5.74) is 3.37. The summed E-state index contributed by atoms with van der Waals surface area (Å²) < 4.78 is 6.62. The lowest BCUT2D eigenvalue weighted by molar-refractivity contribution is -0.119. The lowest BCUT2D eigenvalue weighted by atomic mass is 10.2. The standard InChI is InChI=1S/C24H26ClN5O4/c1-6-34-24(33)18-8-10-21(26-15(18)4)23(32)27-17-7-9-20(19(25)12-17)28-22(31)16(5)30-14(3)11-13(2)29-30/h7-12,16H,6H2,1-5H3,(H,27,32)(H,28,31). The number of benzene rings is 1. The molecule has 1 atom stereocenters. The van der Waals surface area contributed by atoms with Gasteiger partial charge in [0.2, 0.25) is 5.91 Å². The second-order valence-electron chi connectivity index (χ2n) is 7.74. The third-order valence-electron chi connectivity index (χ3n) is 5.09. The molecule has 2 heterocycles. The molecule has 0 aliphatic rings. The summed E-state index contributed by atoms with van der Waals surface area (Å²) in [4.78, 5) is 41.4. The summed E-state index contributed by atoms with van der Waals surface area (Å²) in [6.45, 7) is 9.09. The number of nitrogens with one attached hydrogen (secondary N) is 2. The highest BCUT2D eigenvalue weighted by molar-refractivity contribution is 6.34. The molecule has 3 rings (SSSR count). The highest BCUT2D eigenvalue weighted by atomic mass is 35.5. The molecule has 0 fully saturated rings. The number of hydrogen-bond acceptors (Lipinski definition) is 6. The van der Waals surface area contributed by atoms with Gasteiger partial charge >= 0.3 is 5.97 Å². The first kappa shape index (κ1) is 24.9. The Morgan fingerprint density at radius 1 is 1.09 bits per heavy atom. The number of ether oxygens (including phenoxy) is 1. The van der Waals surface area contributed by atoms with Crippen molar-refractivity contribution in [3.8, 4) is 0 Å². The zero-order chi connectivity index (χ0) is 25.0. The van der Waals surface area contributed by atoms with E-state index >= 15 is 0 Å². The van der Waals surface area contributed by atoms with E-state index in [0.29, 0.717) is 22.6 Å². The summed E-state index contributed by atoms with van der Waals surface area (Å²) in [5.74, 6) is -1.23. The maximum atomic E-state index is 12.7. The molecule has 3 aromatic rings. The van der Waals surface area contributed by atoms with Gasteiger partial charge in [-0.1, -0.05) is 11.6 Å². The molecule has 34 heavy (non-hydrogen) atoms. The van der Waals surface area contributed by atoms with Crippen LogP contribution in [0.3, 0.4) is 0 Å². The van der Waals surface area contributed by atoms with Gasteiger partial charge in [0, 0.05) is 11.4 Å². The van der Waals surface area contributed by atoms with Crippen molar-refractivity contribution in [3.63, 3.8) is 0 Å². The first-order valence-corrected chi connectivity index (χ1v) is 11.1. The van der Waals surface area contributed by atoms with Crippen LogP contribution in [-0.2, 0) is 9.53 Å². The lowest BCUT2D eigenvalue weighted by Gasteiger charge is -2.16. The molecule has 0 saturated carbocycles. The zero-order valence-corrected chi connectivity index (χ0v) is 20.4. The van der Waals surface area contributed by atoms with Gasteiger partial charge < -0.3 is 15.4 Å². The number of aromatic nitrogens is 3. The molecule has 2 N–H and O–H groups in total. The Hall–Kier alpha value is -3.72. The van der Waals surface area contributed by atoms with E-state index in [2.05, 4.69) is 20.7 Å². The number of carbonyl (C=O) groups excluding carboxylic acids is 3. The van der Waals surface area contributed by atoms with Crippen molar-refractivity contribution in [1.29, 1.82) is 0 Å². The molecule has 2 amide bonds. The van der Waals surface area contributed by atoms with E-state index in [9.17, 15) is 14.4 Å². The largest absolute Gasteiger partial charge is 0.462 e. The van der Waals surface area contributed by atoms with Crippen LogP contribution in [0.2, 0.25) is 5.02 Å². The minimum absolute atomic E-state index is 0.137. The molecule has 1 unspecified atom stereocenters. The van der Waals surface area contributed by atoms with E-state index in [4.69, 9.17) is 16.3 Å². The quantitative estimate of drug-likeness (QED) is 0.478. The predicted octanol–water partition coefficient (Wildman–Crippen LogP) is 4.49. The second-order valence-corrected chi connectivity index (χ2v) is 8.14. The van der Waals surface area contributed by atoms with E-state index in [0.717, 1.165) is 11.4 Å². The molecule has 0 aliphatic carbocycles. The smallest absolute Gasteiger partial charge is 0.339 e. The number of amides is 2. The van der Waals surface area contributed by atoms with Crippen molar-refractivity contribution in [1.82, 2.24) is 14.8 Å². The van der Waals surface area contributed by atoms with Crippen LogP contribution in [0.5, 0.6) is 0 Å². The van der Waals surface area contributed by atoms with Crippen LogP contribution in [0.1, 0.15) is 57.8 Å². The summed E-state index contributed by atoms with van der Waals surface area (Å²) in [6.07, 6.45) is 0. The minimum atomic E-state index is -0.531. The second kappa shape index (κ2) is 10.5. The van der Waals surface area contributed by atoms with E-state index in [1.807, 2.05) is 19.9 Å². The van der Waals surface area contributed by atoms with Crippen molar-refractivity contribution in [2.24, 2.45) is 0 Å². The van der Waals surface area contributed by atoms with Gasteiger partial charge in [0.1, 0.15) is 11.7 Å². The maximum Gasteiger partial charge on any atom is 0.339 e. The van der Waals surface area contributed by atoms with Gasteiger partial charge in [0.05, 0.1) is 34.3 Å². The molecule has 178 valence electrons. The normalized spacial score (nSPS) is 11.6. The van der Waals surface area contributed by atoms with Gasteiger partial charge in [-0.3, -0.25) is 14.3 Å². The average Bonchev–Trinajstić information content (AvgIpc) is 3.12. The Morgan fingerprint density at radius 3 is 2.41 bits per heavy atom. The van der Waals surface area contributed by atoms with E-state index in [1.165, 1.54) is 18.2 Å². The van der Waals surface area contributed by atoms with Gasteiger partial charge in [-0.15, -0.1) is 0 Å². The minimum Gasteiger partial charge on any atom is -0.462 e. The van der Waals surface area contributed by atoms with Crippen molar-refractivity contribution < 1.29 is 19.1 Å². The molecule has 9 nitrogen and oxygen atoms in total. The van der Waals surface area contributed by atoms with E-state index in [-0.39, 0.29) is 23.2 Å². The number of hydrogen-bond donors (Lipinski definition) is 2. The number of anilines is 2. The van der Waals surface area contributed by atoms with Crippen LogP contribution in [0, 0.1) is 20.8 Å². The Kier molecular flexibility index (Phi) is 7.68. The van der Waals surface area contributed by atoms with Crippen molar-refractivity contribution in [2.75, 3.05) is 17.2 Å². The molecule has 1 aromatic carbocycles. The summed E-state index contributed by atoms with van der Waals surface area (Å²) >= 11 is 6.34. The van der Waals surface area contributed by atoms with Crippen molar-refractivity contribution in [2.45, 2.75) is 40.7 Å². The molecular weight excluding hydrogens is 458 g/mol. The van der Waals surface area contributed by atoms with Crippen LogP contribution in [0.15, 0.2) is 36.4 Å². The highest BCUT2D eigenvalue weighted by Crippen LogP contribution is 2.27. The average molecular weight is 484 g/mol. The van der Waals surface area contributed by atoms with Crippen LogP contribution in [-0.4, -0.2) is 39.2 Å². The van der Waals surface area contributed by atoms with Crippen LogP contribution >= 0.6 is 11.6 Å². The van der Waals surface area contributed by atoms with Crippen LogP contribution in [0.4, 0.5) is 11.4 Å². The number of aryl methyl sites for hydroxylation is 3. The number of rotatable bonds is 7. The van der Waals surface area contributed by atoms with Gasteiger partial charge in [0.15, 0.2) is 0 Å². The first-order valence-electron chi connectivity index (χ1n) is 10.7. The number of esters is 1. The van der Waals surface area contributed by atoms with Crippen LogP contribution < -0.4 is 10.6 Å². The Labute approximate surface area is 202 Å². The maximum absolute atomic E-state index is 12.7. The predicted molar refractivity (Wildman–Crippen MR) is 129 cm³/mol. The Morgan fingerprint density at radius 2 is 1.82 bits per heavy atom. The fraction of sp³-hybridized carbons (Fsp3) is 0.292. The third kappa shape index (κ3) is 5.60. The highest BCUT2D eigenvalue weighted by Gasteiger charge is 2.19. The van der Waals surface area contributed by atoms with Crippen molar-refractivity contribution >= 4 is 40.8 Å². The number of pyridine rings is 1. The van der Waals surface area contributed by atoms with Gasteiger partial charge in [-0.25, -0.2) is 9.78 Å². The SMILES string of the molecule is CCOC(=O)c1ccc(C(=O)Nc2ccc(NC(=O)C(C)n3nc(C)cc3C)c(Cl)c2)nc1C. The number of halogens is 1. The molecule has 10 heteroatoms. The first-order chi connectivity index (χ1) is 16.1. The molecule has 0 spiro atoms. The third-order valence-corrected chi connectivity index (χ3v) is 5.40. The topological polar surface area (TPSA) is 115 Å². The summed E-state index contributed by atoms with van der Waals surface area (Å²) in [7, 11) is 0. The molecule has 0 radical (unpaired) electrons. The van der Waals surface area contributed by atoms with Gasteiger partial charge in [0.25, 0.3) is 5.91 Å². The molecule has 0 aliphatic heterocycles. The number of nitrogens with zero attached hydrogens (tertiary/aromatic N) is 3. The molecule has 0 saturated heterocycles. The van der Waals surface area contributed by atoms with E-state index in [1.54, 1.807) is 37.6 Å². The monoisotopic (exact) mass is 483 g/mol. The lowest BCUT2D eigenvalue weighted by Crippen LogP contribution is -2.25. The van der Waals surface area contributed by atoms with E-state index < -0.39 is 17.9 Å². The summed E-state index contributed by atoms with van der Waals surface area (Å²) in [6, 6.07) is 9.07. The van der Waals surface area contributed by atoms with Crippen LogP contribution in [0.25, 0.3) is 0 Å². The molecular formula is C24H26ClN5O4. The van der Waals surface area contributed by atoms with Crippen molar-refractivity contribution in [3.05, 3.63) is 69.8 Å². The Bertz CT molecular complexity index is 1250. The fourth-order valence-electron chi connectivity index (χ4n) is 3.39. The van der Waals surface area contributed by atoms with Gasteiger partial charge in [-0.05, 0) is 71.0 Å². The molecule has 0 bridgehead atoms.